The second-order valence-electron chi connectivity index (χ2n) is 6.04. The molecule has 0 aliphatic carbocycles. The van der Waals surface area contributed by atoms with E-state index in [1.165, 1.54) is 0 Å². The number of hydrogen-bond acceptors (Lipinski definition) is 3. The Hall–Kier alpha value is -2.86. The molecule has 3 rings (SSSR count). The van der Waals surface area contributed by atoms with Crippen molar-refractivity contribution in [2.24, 2.45) is 0 Å². The third-order valence-electron chi connectivity index (χ3n) is 4.20. The van der Waals surface area contributed by atoms with Gasteiger partial charge in [0.15, 0.2) is 5.78 Å². The lowest BCUT2D eigenvalue weighted by Gasteiger charge is -2.10. The Morgan fingerprint density at radius 1 is 1.19 bits per heavy atom. The van der Waals surface area contributed by atoms with Gasteiger partial charge in [-0.25, -0.2) is 4.79 Å². The van der Waals surface area contributed by atoms with Gasteiger partial charge in [-0.1, -0.05) is 17.7 Å². The minimum Gasteiger partial charge on any atom is -0.337 e. The van der Waals surface area contributed by atoms with E-state index < -0.39 is 6.03 Å². The second-order valence-corrected chi connectivity index (χ2v) is 6.47. The van der Waals surface area contributed by atoms with Crippen molar-refractivity contribution in [3.05, 3.63) is 58.6 Å². The average Bonchev–Trinajstić information content (AvgIpc) is 2.88. The van der Waals surface area contributed by atoms with E-state index in [0.717, 1.165) is 11.3 Å². The molecule has 26 heavy (non-hydrogen) atoms. The van der Waals surface area contributed by atoms with Crippen molar-refractivity contribution in [1.82, 2.24) is 5.32 Å². The summed E-state index contributed by atoms with van der Waals surface area (Å²) in [5, 5.41) is 5.82. The lowest BCUT2D eigenvalue weighted by atomic mass is 10.0. The van der Waals surface area contributed by atoms with Crippen molar-refractivity contribution >= 4 is 40.7 Å². The van der Waals surface area contributed by atoms with Crippen LogP contribution in [-0.2, 0) is 11.2 Å². The first kappa shape index (κ1) is 17.9. The van der Waals surface area contributed by atoms with Gasteiger partial charge in [0.1, 0.15) is 0 Å². The molecule has 0 bridgehead atoms. The number of ketones is 1. The van der Waals surface area contributed by atoms with Crippen LogP contribution in [0.15, 0.2) is 42.5 Å². The minimum atomic E-state index is -0.402. The molecule has 1 aliphatic heterocycles. The van der Waals surface area contributed by atoms with Crippen LogP contribution < -0.4 is 15.5 Å². The first-order valence-electron chi connectivity index (χ1n) is 8.17. The molecular formula is C19H18ClN3O3. The highest BCUT2D eigenvalue weighted by molar-refractivity contribution is 6.30. The molecule has 0 spiro atoms. The quantitative estimate of drug-likeness (QED) is 0.792. The molecule has 6 nitrogen and oxygen atoms in total. The molecule has 2 aromatic carbocycles. The molecule has 0 aromatic heterocycles. The number of benzene rings is 2. The molecule has 0 unspecified atom stereocenters. The molecule has 2 aromatic rings. The number of Topliss-reactive ketones (excluding diaryl/α,β-unsaturated/α-hetero) is 1. The SMILES string of the molecule is CN1C(=O)Cc2cc(C(=O)CCNC(=O)Nc3cccc(Cl)c3)ccc21. The van der Waals surface area contributed by atoms with Gasteiger partial charge in [-0.2, -0.15) is 0 Å². The fraction of sp³-hybridized carbons (Fsp3) is 0.211. The fourth-order valence-corrected chi connectivity index (χ4v) is 3.01. The number of hydrogen-bond donors (Lipinski definition) is 2. The summed E-state index contributed by atoms with van der Waals surface area (Å²) in [5.74, 6) is -0.0678. The molecule has 3 amide bonds. The number of halogens is 1. The van der Waals surface area contributed by atoms with E-state index in [0.29, 0.717) is 22.7 Å². The second kappa shape index (κ2) is 7.58. The molecule has 1 heterocycles. The zero-order valence-electron chi connectivity index (χ0n) is 14.2. The average molecular weight is 372 g/mol. The van der Waals surface area contributed by atoms with Crippen LogP contribution in [0.1, 0.15) is 22.3 Å². The molecule has 0 atom stereocenters. The van der Waals surface area contributed by atoms with Gasteiger partial charge >= 0.3 is 6.03 Å². The van der Waals surface area contributed by atoms with Crippen LogP contribution in [0.5, 0.6) is 0 Å². The van der Waals surface area contributed by atoms with Crippen molar-refractivity contribution in [1.29, 1.82) is 0 Å². The number of carbonyl (C=O) groups excluding carboxylic acids is 3. The molecule has 7 heteroatoms. The summed E-state index contributed by atoms with van der Waals surface area (Å²) in [6, 6.07) is 11.7. The number of urea groups is 1. The number of anilines is 2. The van der Waals surface area contributed by atoms with Gasteiger partial charge in [0.05, 0.1) is 6.42 Å². The van der Waals surface area contributed by atoms with E-state index in [2.05, 4.69) is 10.6 Å². The standard InChI is InChI=1S/C19H18ClN3O3/c1-23-16-6-5-12(9-13(16)10-18(23)25)17(24)7-8-21-19(26)22-15-4-2-3-14(20)11-15/h2-6,9,11H,7-8,10H2,1H3,(H2,21,22,26). The van der Waals surface area contributed by atoms with Crippen LogP contribution >= 0.6 is 11.6 Å². The molecule has 134 valence electrons. The van der Waals surface area contributed by atoms with E-state index in [-0.39, 0.29) is 24.7 Å². The Bertz CT molecular complexity index is 882. The molecule has 1 aliphatic rings. The third kappa shape index (κ3) is 4.03. The highest BCUT2D eigenvalue weighted by Crippen LogP contribution is 2.28. The predicted molar refractivity (Wildman–Crippen MR) is 101 cm³/mol. The highest BCUT2D eigenvalue weighted by atomic mass is 35.5. The summed E-state index contributed by atoms with van der Waals surface area (Å²) in [4.78, 5) is 37.4. The number of fused-ring (bicyclic) bond motifs is 1. The third-order valence-corrected chi connectivity index (χ3v) is 4.43. The molecule has 2 N–H and O–H groups in total. The summed E-state index contributed by atoms with van der Waals surface area (Å²) in [6.45, 7) is 0.209. The van der Waals surface area contributed by atoms with Crippen molar-refractivity contribution in [3.8, 4) is 0 Å². The van der Waals surface area contributed by atoms with Crippen LogP contribution in [0, 0.1) is 0 Å². The van der Waals surface area contributed by atoms with E-state index in [1.807, 2.05) is 0 Å². The summed E-state index contributed by atoms with van der Waals surface area (Å²) >= 11 is 5.86. The Morgan fingerprint density at radius 2 is 2.00 bits per heavy atom. The van der Waals surface area contributed by atoms with Crippen LogP contribution in [0.4, 0.5) is 16.2 Å². The van der Waals surface area contributed by atoms with Crippen molar-refractivity contribution in [3.63, 3.8) is 0 Å². The molecule has 0 radical (unpaired) electrons. The molecule has 0 saturated carbocycles. The number of likely N-dealkylation sites (N-methyl/N-ethyl adjacent to an activating group) is 1. The maximum Gasteiger partial charge on any atom is 0.319 e. The number of amides is 3. The monoisotopic (exact) mass is 371 g/mol. The molecule has 0 saturated heterocycles. The van der Waals surface area contributed by atoms with Crippen molar-refractivity contribution in [2.45, 2.75) is 12.8 Å². The predicted octanol–water partition coefficient (Wildman–Crippen LogP) is 3.25. The molecular weight excluding hydrogens is 354 g/mol. The summed E-state index contributed by atoms with van der Waals surface area (Å²) in [6.07, 6.45) is 0.485. The van der Waals surface area contributed by atoms with E-state index >= 15 is 0 Å². The van der Waals surface area contributed by atoms with Crippen LogP contribution in [0.3, 0.4) is 0 Å². The Balaban J connectivity index is 1.51. The summed E-state index contributed by atoms with van der Waals surface area (Å²) in [7, 11) is 1.72. The van der Waals surface area contributed by atoms with Gasteiger partial charge in [-0.3, -0.25) is 9.59 Å². The van der Waals surface area contributed by atoms with E-state index in [1.54, 1.807) is 54.4 Å². The Kier molecular flexibility index (Phi) is 5.23. The Morgan fingerprint density at radius 3 is 2.77 bits per heavy atom. The normalized spacial score (nSPS) is 12.7. The van der Waals surface area contributed by atoms with Gasteiger partial charge in [0.25, 0.3) is 0 Å². The lowest BCUT2D eigenvalue weighted by molar-refractivity contribution is -0.117. The van der Waals surface area contributed by atoms with Crippen LogP contribution in [0.25, 0.3) is 0 Å². The fourth-order valence-electron chi connectivity index (χ4n) is 2.82. The zero-order valence-corrected chi connectivity index (χ0v) is 15.0. The van der Waals surface area contributed by atoms with Crippen molar-refractivity contribution < 1.29 is 14.4 Å². The smallest absolute Gasteiger partial charge is 0.319 e. The maximum absolute atomic E-state index is 12.3. The van der Waals surface area contributed by atoms with Gasteiger partial charge < -0.3 is 15.5 Å². The van der Waals surface area contributed by atoms with Gasteiger partial charge in [-0.05, 0) is 42.0 Å². The number of rotatable bonds is 5. The number of carbonyl (C=O) groups is 3. The summed E-state index contributed by atoms with van der Waals surface area (Å²) in [5.41, 5.74) is 2.82. The largest absolute Gasteiger partial charge is 0.337 e. The van der Waals surface area contributed by atoms with Gasteiger partial charge in [0.2, 0.25) is 5.91 Å². The zero-order chi connectivity index (χ0) is 18.7. The van der Waals surface area contributed by atoms with E-state index in [9.17, 15) is 14.4 Å². The first-order valence-corrected chi connectivity index (χ1v) is 8.55. The number of nitrogens with one attached hydrogen (secondary N) is 2. The van der Waals surface area contributed by atoms with E-state index in [4.69, 9.17) is 11.6 Å². The maximum atomic E-state index is 12.3. The minimum absolute atomic E-state index is 0.0175. The van der Waals surface area contributed by atoms with Crippen LogP contribution in [-0.4, -0.2) is 31.3 Å². The summed E-state index contributed by atoms with van der Waals surface area (Å²) < 4.78 is 0. The first-order chi connectivity index (χ1) is 12.4. The Labute approximate surface area is 156 Å². The number of nitrogens with zero attached hydrogens (tertiary/aromatic N) is 1. The van der Waals surface area contributed by atoms with Gasteiger partial charge in [-0.15, -0.1) is 0 Å². The van der Waals surface area contributed by atoms with Crippen molar-refractivity contribution in [2.75, 3.05) is 23.8 Å². The highest BCUT2D eigenvalue weighted by Gasteiger charge is 2.24. The van der Waals surface area contributed by atoms with Gasteiger partial charge in [0, 0.05) is 42.0 Å². The lowest BCUT2D eigenvalue weighted by Crippen LogP contribution is -2.30. The molecule has 0 fully saturated rings. The topological polar surface area (TPSA) is 78.5 Å². The van der Waals surface area contributed by atoms with Crippen LogP contribution in [0.2, 0.25) is 5.02 Å².